The molecule has 0 aliphatic carbocycles. The summed E-state index contributed by atoms with van der Waals surface area (Å²) in [7, 11) is -4.33. The first-order chi connectivity index (χ1) is 19.6. The van der Waals surface area contributed by atoms with Crippen LogP contribution in [-0.2, 0) is 26.0 Å². The molecule has 0 fully saturated rings. The smallest absolute Gasteiger partial charge is 0.264 e. The molecule has 0 unspecified atom stereocenters. The van der Waals surface area contributed by atoms with Crippen LogP contribution in [0, 0.1) is 5.82 Å². The van der Waals surface area contributed by atoms with Gasteiger partial charge in [-0.2, -0.15) is 0 Å². The predicted molar refractivity (Wildman–Crippen MR) is 153 cm³/mol. The summed E-state index contributed by atoms with van der Waals surface area (Å²) >= 11 is 0. The van der Waals surface area contributed by atoms with Crippen LogP contribution in [0.4, 0.5) is 10.1 Å². The topological polar surface area (TPSA) is 105 Å². The van der Waals surface area contributed by atoms with E-state index in [0.717, 1.165) is 22.0 Å². The van der Waals surface area contributed by atoms with Crippen molar-refractivity contribution in [3.05, 3.63) is 84.2 Å². The lowest BCUT2D eigenvalue weighted by Gasteiger charge is -2.32. The van der Waals surface area contributed by atoms with E-state index in [1.54, 1.807) is 6.92 Å². The molecule has 0 aromatic heterocycles. The van der Waals surface area contributed by atoms with Crippen LogP contribution in [0.2, 0.25) is 0 Å². The first-order valence-corrected chi connectivity index (χ1v) is 14.8. The lowest BCUT2D eigenvalue weighted by molar-refractivity contribution is -0.139. The van der Waals surface area contributed by atoms with Crippen LogP contribution >= 0.6 is 0 Å². The Bertz CT molecular complexity index is 1470. The van der Waals surface area contributed by atoms with Crippen LogP contribution in [0.25, 0.3) is 0 Å². The Balaban J connectivity index is 1.68. The normalized spacial score (nSPS) is 13.4. The largest absolute Gasteiger partial charge is 0.486 e. The van der Waals surface area contributed by atoms with Gasteiger partial charge < -0.3 is 19.7 Å². The van der Waals surface area contributed by atoms with Gasteiger partial charge in [-0.05, 0) is 69.2 Å². The number of nitrogens with one attached hydrogen (secondary N) is 1. The molecule has 1 atom stereocenters. The van der Waals surface area contributed by atoms with E-state index >= 15 is 0 Å². The number of benzene rings is 3. The third-order valence-electron chi connectivity index (χ3n) is 6.58. The second-order valence-corrected chi connectivity index (χ2v) is 11.8. The molecule has 218 valence electrons. The SMILES string of the molecule is CC(C)NC(=O)[C@H](C)N(CCc1ccccc1)C(=O)CN(c1ccc(F)cc1)S(=O)(=O)c1ccc2c(c1)OCCO2. The Kier molecular flexibility index (Phi) is 9.49. The van der Waals surface area contributed by atoms with Crippen molar-refractivity contribution in [2.45, 2.75) is 44.2 Å². The van der Waals surface area contributed by atoms with E-state index in [2.05, 4.69) is 5.32 Å². The standard InChI is InChI=1S/C30H34FN3O6S/c1-21(2)32-30(36)22(3)33(16-15-23-7-5-4-6-8-23)29(35)20-34(25-11-9-24(31)10-12-25)41(37,38)26-13-14-27-28(19-26)40-18-17-39-27/h4-14,19,21-22H,15-18,20H2,1-3H3,(H,32,36)/t22-/m0/s1. The van der Waals surface area contributed by atoms with Gasteiger partial charge in [0.05, 0.1) is 10.6 Å². The molecule has 1 aliphatic heterocycles. The number of anilines is 1. The molecular formula is C30H34FN3O6S. The zero-order valence-corrected chi connectivity index (χ0v) is 24.1. The molecule has 0 bridgehead atoms. The Morgan fingerprint density at radius 1 is 0.927 bits per heavy atom. The first-order valence-electron chi connectivity index (χ1n) is 13.4. The van der Waals surface area contributed by atoms with Crippen LogP contribution in [-0.4, -0.2) is 63.5 Å². The molecule has 2 amide bonds. The summed E-state index contributed by atoms with van der Waals surface area (Å²) in [4.78, 5) is 28.1. The summed E-state index contributed by atoms with van der Waals surface area (Å²) in [5, 5.41) is 2.82. The van der Waals surface area contributed by atoms with E-state index in [1.165, 1.54) is 35.2 Å². The summed E-state index contributed by atoms with van der Waals surface area (Å²) < 4.78 is 53.7. The predicted octanol–water partition coefficient (Wildman–Crippen LogP) is 3.78. The van der Waals surface area contributed by atoms with Crippen molar-refractivity contribution in [1.82, 2.24) is 10.2 Å². The van der Waals surface area contributed by atoms with E-state index < -0.39 is 34.3 Å². The van der Waals surface area contributed by atoms with Gasteiger partial charge in [-0.1, -0.05) is 30.3 Å². The van der Waals surface area contributed by atoms with Crippen LogP contribution in [0.15, 0.2) is 77.7 Å². The van der Waals surface area contributed by atoms with E-state index in [0.29, 0.717) is 18.8 Å². The summed E-state index contributed by atoms with van der Waals surface area (Å²) in [6, 6.07) is 17.5. The fraction of sp³-hybridized carbons (Fsp3) is 0.333. The van der Waals surface area contributed by atoms with Crippen LogP contribution in [0.3, 0.4) is 0 Å². The monoisotopic (exact) mass is 583 g/mol. The highest BCUT2D eigenvalue weighted by molar-refractivity contribution is 7.92. The van der Waals surface area contributed by atoms with Gasteiger partial charge in [0, 0.05) is 18.7 Å². The number of ether oxygens (including phenoxy) is 2. The molecule has 4 rings (SSSR count). The van der Waals surface area contributed by atoms with Crippen molar-refractivity contribution in [2.24, 2.45) is 0 Å². The van der Waals surface area contributed by atoms with Gasteiger partial charge in [0.2, 0.25) is 11.8 Å². The van der Waals surface area contributed by atoms with Gasteiger partial charge in [0.25, 0.3) is 10.0 Å². The Labute approximate surface area is 239 Å². The van der Waals surface area contributed by atoms with E-state index in [4.69, 9.17) is 9.47 Å². The average Bonchev–Trinajstić information content (AvgIpc) is 2.96. The first kappa shape index (κ1) is 29.9. The molecule has 0 radical (unpaired) electrons. The second-order valence-electron chi connectivity index (χ2n) is 9.96. The summed E-state index contributed by atoms with van der Waals surface area (Å²) in [5.74, 6) is -0.815. The van der Waals surface area contributed by atoms with Crippen LogP contribution in [0.5, 0.6) is 11.5 Å². The van der Waals surface area contributed by atoms with Crippen LogP contribution < -0.4 is 19.1 Å². The minimum Gasteiger partial charge on any atom is -0.486 e. The maximum atomic E-state index is 14.0. The Morgan fingerprint density at radius 3 is 2.24 bits per heavy atom. The number of nitrogens with zero attached hydrogens (tertiary/aromatic N) is 2. The number of hydrogen-bond donors (Lipinski definition) is 1. The molecule has 1 heterocycles. The van der Waals surface area contributed by atoms with E-state index in [-0.39, 0.29) is 41.4 Å². The summed E-state index contributed by atoms with van der Waals surface area (Å²) in [6.45, 7) is 5.42. The minimum absolute atomic E-state index is 0.0944. The Hall–Kier alpha value is -4.12. The quantitative estimate of drug-likeness (QED) is 0.369. The fourth-order valence-corrected chi connectivity index (χ4v) is 5.85. The lowest BCUT2D eigenvalue weighted by atomic mass is 10.1. The maximum absolute atomic E-state index is 14.0. The third-order valence-corrected chi connectivity index (χ3v) is 8.35. The minimum atomic E-state index is -4.33. The Morgan fingerprint density at radius 2 is 1.59 bits per heavy atom. The second kappa shape index (κ2) is 13.0. The summed E-state index contributed by atoms with van der Waals surface area (Å²) in [6.07, 6.45) is 0.456. The molecule has 1 aliphatic rings. The number of carbonyl (C=O) groups excluding carboxylic acids is 2. The van der Waals surface area contributed by atoms with Gasteiger partial charge in [-0.25, -0.2) is 12.8 Å². The molecule has 1 N–H and O–H groups in total. The highest BCUT2D eigenvalue weighted by atomic mass is 32.2. The van der Waals surface area contributed by atoms with Gasteiger partial charge in [-0.3, -0.25) is 13.9 Å². The highest BCUT2D eigenvalue weighted by Crippen LogP contribution is 2.34. The number of fused-ring (bicyclic) bond motifs is 1. The van der Waals surface area contributed by atoms with Gasteiger partial charge >= 0.3 is 0 Å². The van der Waals surface area contributed by atoms with Gasteiger partial charge in [0.1, 0.15) is 31.6 Å². The molecule has 3 aromatic carbocycles. The van der Waals surface area contributed by atoms with Crippen molar-refractivity contribution in [3.63, 3.8) is 0 Å². The molecule has 9 nitrogen and oxygen atoms in total. The molecule has 11 heteroatoms. The zero-order chi connectivity index (χ0) is 29.6. The molecule has 0 saturated heterocycles. The van der Waals surface area contributed by atoms with Crippen molar-refractivity contribution in [1.29, 1.82) is 0 Å². The molecule has 41 heavy (non-hydrogen) atoms. The third kappa shape index (κ3) is 7.35. The summed E-state index contributed by atoms with van der Waals surface area (Å²) in [5.41, 5.74) is 1.05. The number of halogens is 1. The fourth-order valence-electron chi connectivity index (χ4n) is 4.42. The number of sulfonamides is 1. The molecule has 0 spiro atoms. The molecular weight excluding hydrogens is 549 g/mol. The van der Waals surface area contributed by atoms with E-state index in [9.17, 15) is 22.4 Å². The zero-order valence-electron chi connectivity index (χ0n) is 23.2. The van der Waals surface area contributed by atoms with Gasteiger partial charge in [-0.15, -0.1) is 0 Å². The number of carbonyl (C=O) groups is 2. The van der Waals surface area contributed by atoms with Crippen molar-refractivity contribution in [2.75, 3.05) is 30.6 Å². The lowest BCUT2D eigenvalue weighted by Crippen LogP contribution is -2.53. The van der Waals surface area contributed by atoms with Crippen molar-refractivity contribution < 1.29 is 31.9 Å². The van der Waals surface area contributed by atoms with Crippen molar-refractivity contribution in [3.8, 4) is 11.5 Å². The maximum Gasteiger partial charge on any atom is 0.264 e. The molecule has 0 saturated carbocycles. The van der Waals surface area contributed by atoms with Crippen LogP contribution in [0.1, 0.15) is 26.3 Å². The molecule has 3 aromatic rings. The van der Waals surface area contributed by atoms with Crippen molar-refractivity contribution >= 4 is 27.5 Å². The average molecular weight is 584 g/mol. The number of hydrogen-bond acceptors (Lipinski definition) is 6. The highest BCUT2D eigenvalue weighted by Gasteiger charge is 2.33. The van der Waals surface area contributed by atoms with E-state index in [1.807, 2.05) is 44.2 Å². The number of amides is 2. The van der Waals surface area contributed by atoms with Gasteiger partial charge in [0.15, 0.2) is 11.5 Å². The number of rotatable bonds is 11.